The molecule has 670 valence electrons. The zero-order valence-corrected chi connectivity index (χ0v) is 79.0. The van der Waals surface area contributed by atoms with Gasteiger partial charge in [0.15, 0.2) is 0 Å². The maximum absolute atomic E-state index is 6.22. The molecule has 9 atom stereocenters. The predicted octanol–water partition coefficient (Wildman–Crippen LogP) is 38.0. The maximum atomic E-state index is 6.22. The summed E-state index contributed by atoms with van der Waals surface area (Å²) < 4.78 is 15.1. The van der Waals surface area contributed by atoms with E-state index in [1.165, 1.54) is 192 Å². The first-order chi connectivity index (χ1) is 68.0. The summed E-state index contributed by atoms with van der Waals surface area (Å²) in [5.74, 6) is 7.96. The molecule has 0 aliphatic heterocycles. The van der Waals surface area contributed by atoms with E-state index in [1.807, 2.05) is 29.5 Å². The van der Waals surface area contributed by atoms with Crippen molar-refractivity contribution in [1.29, 1.82) is 0 Å². The molecule has 6 saturated carbocycles. The Balaban J connectivity index is 0.000000107. The number of hydrogen-bond donors (Lipinski definition) is 0. The van der Waals surface area contributed by atoms with E-state index in [4.69, 9.17) is 8.83 Å². The molecule has 7 aliphatic rings. The zero-order valence-electron chi connectivity index (χ0n) is 78.2. The SMILES string of the molecule is CC1(C)c2ccccc2-c2cc(N(c3ccc(-c4ccc(C5CC6CCC5C6)cc4)cc3)c3ccc4oc5ccccc5c4c3)ccc21.c1ccc(-c2ccc(N(c3ccc(-c4ccc(C5CC6CCC5C6)cc4)cc3)c3ccc4sc5ccccc5c4c3)cc2)cc1.c1ccc(-c2cccc(N(c3ccc(-c4ccc(C5CC6CCC5C6)cc4)cc3)c3ccc4oc5ccccc5c4c3)c2)cc1. The average molecular weight is 1800 g/mol. The highest BCUT2D eigenvalue weighted by atomic mass is 32.1. The van der Waals surface area contributed by atoms with Gasteiger partial charge in [-0.2, -0.15) is 0 Å². The van der Waals surface area contributed by atoms with Gasteiger partial charge < -0.3 is 23.5 Å². The second-order valence-electron chi connectivity index (χ2n) is 40.9. The maximum Gasteiger partial charge on any atom is 0.135 e. The van der Waals surface area contributed by atoms with Gasteiger partial charge in [-0.1, -0.05) is 312 Å². The van der Waals surface area contributed by atoms with Crippen LogP contribution in [0.2, 0.25) is 0 Å². The Kier molecular flexibility index (Phi) is 21.3. The fourth-order valence-corrected chi connectivity index (χ4v) is 26.9. The van der Waals surface area contributed by atoms with Crippen LogP contribution in [0.15, 0.2) is 433 Å². The van der Waals surface area contributed by atoms with Crippen molar-refractivity contribution in [2.75, 3.05) is 14.7 Å². The summed E-state index contributed by atoms with van der Waals surface area (Å²) in [7, 11) is 0. The molecule has 0 N–H and O–H groups in total. The molecule has 18 aromatic carbocycles. The summed E-state index contributed by atoms with van der Waals surface area (Å²) in [5, 5.41) is 7.17. The Labute approximate surface area is 813 Å². The van der Waals surface area contributed by atoms with E-state index in [0.717, 1.165) is 143 Å². The summed E-state index contributed by atoms with van der Waals surface area (Å²) in [6.45, 7) is 4.69. The van der Waals surface area contributed by atoms with Crippen LogP contribution in [-0.2, 0) is 5.41 Å². The quantitative estimate of drug-likeness (QED) is 0.0908. The number of rotatable bonds is 17. The molecule has 0 amide bonds. The molecular formula is C132H109N3O2S. The number of hydrogen-bond acceptors (Lipinski definition) is 6. The first-order valence-corrected chi connectivity index (χ1v) is 51.2. The smallest absolute Gasteiger partial charge is 0.135 e. The number of benzene rings is 18. The molecule has 7 aliphatic carbocycles. The summed E-state index contributed by atoms with van der Waals surface area (Å²) in [6.07, 6.45) is 17.2. The molecule has 0 saturated heterocycles. The van der Waals surface area contributed by atoms with Crippen LogP contribution in [0.4, 0.5) is 51.2 Å². The highest BCUT2D eigenvalue weighted by Crippen LogP contribution is 2.58. The van der Waals surface area contributed by atoms with Crippen molar-refractivity contribution in [1.82, 2.24) is 0 Å². The molecule has 0 radical (unpaired) electrons. The number of furan rings is 2. The third-order valence-electron chi connectivity index (χ3n) is 32.7. The monoisotopic (exact) mass is 1800 g/mol. The Hall–Kier alpha value is -14.8. The minimum absolute atomic E-state index is 0.0293. The second kappa shape index (κ2) is 35.1. The van der Waals surface area contributed by atoms with Gasteiger partial charge in [-0.25, -0.2) is 0 Å². The van der Waals surface area contributed by atoms with E-state index in [-0.39, 0.29) is 5.41 Å². The van der Waals surface area contributed by atoms with E-state index in [2.05, 4.69) is 435 Å². The molecule has 6 fully saturated rings. The van der Waals surface area contributed by atoms with Crippen molar-refractivity contribution in [2.45, 2.75) is 114 Å². The van der Waals surface area contributed by atoms with E-state index in [9.17, 15) is 0 Å². The molecule has 9 unspecified atom stereocenters. The molecular weight excluding hydrogens is 1690 g/mol. The predicted molar refractivity (Wildman–Crippen MR) is 580 cm³/mol. The number of thiophene rings is 1. The largest absolute Gasteiger partial charge is 0.456 e. The van der Waals surface area contributed by atoms with Gasteiger partial charge in [-0.05, 0) is 351 Å². The van der Waals surface area contributed by atoms with Gasteiger partial charge in [0.05, 0.1) is 0 Å². The fraction of sp³-hybridized carbons (Fsp3) is 0.182. The Morgan fingerprint density at radius 1 is 0.217 bits per heavy atom. The van der Waals surface area contributed by atoms with Crippen LogP contribution in [0.1, 0.15) is 136 Å². The van der Waals surface area contributed by atoms with Crippen LogP contribution >= 0.6 is 11.3 Å². The number of fused-ring (bicyclic) bond motifs is 18. The lowest BCUT2D eigenvalue weighted by Gasteiger charge is -2.27. The molecule has 138 heavy (non-hydrogen) atoms. The average Bonchev–Trinajstić information content (AvgIpc) is 1.58. The molecule has 6 bridgehead atoms. The van der Waals surface area contributed by atoms with Crippen molar-refractivity contribution >= 4 is 127 Å². The molecule has 21 aromatic rings. The van der Waals surface area contributed by atoms with Gasteiger partial charge in [0.25, 0.3) is 0 Å². The number of nitrogens with zero attached hydrogens (tertiary/aromatic N) is 3. The third kappa shape index (κ3) is 15.5. The highest BCUT2D eigenvalue weighted by molar-refractivity contribution is 7.25. The van der Waals surface area contributed by atoms with Gasteiger partial charge >= 0.3 is 0 Å². The summed E-state index contributed by atoms with van der Waals surface area (Å²) >= 11 is 1.87. The molecule has 6 heteroatoms. The lowest BCUT2D eigenvalue weighted by molar-refractivity contribution is 0.420. The van der Waals surface area contributed by atoms with Crippen LogP contribution < -0.4 is 14.7 Å². The van der Waals surface area contributed by atoms with Gasteiger partial charge in [0.2, 0.25) is 0 Å². The molecule has 3 heterocycles. The Morgan fingerprint density at radius 2 is 0.536 bits per heavy atom. The summed E-state index contributed by atoms with van der Waals surface area (Å²) in [4.78, 5) is 7.15. The van der Waals surface area contributed by atoms with Crippen molar-refractivity contribution < 1.29 is 8.83 Å². The topological polar surface area (TPSA) is 36.0 Å². The van der Waals surface area contributed by atoms with Gasteiger partial charge in [0, 0.05) is 98.3 Å². The third-order valence-corrected chi connectivity index (χ3v) is 33.9. The van der Waals surface area contributed by atoms with Crippen LogP contribution in [0.3, 0.4) is 0 Å². The van der Waals surface area contributed by atoms with Crippen LogP contribution in [-0.4, -0.2) is 0 Å². The zero-order chi connectivity index (χ0) is 91.5. The normalized spacial score (nSPS) is 19.4. The minimum atomic E-state index is -0.0293. The van der Waals surface area contributed by atoms with Crippen molar-refractivity contribution in [3.63, 3.8) is 0 Å². The summed E-state index contributed by atoms with van der Waals surface area (Å²) in [5.41, 5.74) is 36.3. The first kappa shape index (κ1) is 83.7. The van der Waals surface area contributed by atoms with Gasteiger partial charge in [-0.3, -0.25) is 0 Å². The molecule has 28 rings (SSSR count). The van der Waals surface area contributed by atoms with Gasteiger partial charge in [0.1, 0.15) is 22.3 Å². The molecule has 5 nitrogen and oxygen atoms in total. The van der Waals surface area contributed by atoms with E-state index in [0.29, 0.717) is 0 Å². The standard InChI is InChI=1S/C46H39NO.C43H35NO.C43H35NS/c1-46(2)42-9-5-3-7-37(42)40-27-35(21-23-43(40)46)47(36-22-24-45-41(28-36)38-8-4-6-10-44(38)48-45)34-19-17-31(18-20-34)30-13-15-32(16-14-30)39-26-29-11-12-33(39)25-29;1-2-7-30(8-3-1)34-9-6-10-37(27-34)44(38-23-24-43-41(28-38)39-11-4-5-12-42(39)45-43)36-21-19-32(20-22-36)31-15-17-33(18-16-31)40-26-29-13-14-35(40)25-29;1-2-6-30(7-3-1)32-16-20-36(21-17-32)44(38-24-25-43-41(28-38)39-8-4-5-9-42(39)45-43)37-22-18-33(19-23-37)31-12-14-34(15-13-31)40-27-29-10-11-35(40)26-29/h3-10,13-24,27-29,33,39H,11-12,25-26H2,1-2H3;1-12,15-24,27-29,35,40H,13-14,25-26H2;1-9,12-25,28-29,35,40H,10-11,26-27H2. The Bertz CT molecular complexity index is 8100. The van der Waals surface area contributed by atoms with Crippen molar-refractivity contribution in [3.8, 4) is 66.8 Å². The summed E-state index contributed by atoms with van der Waals surface area (Å²) in [6, 6.07) is 156. The highest BCUT2D eigenvalue weighted by Gasteiger charge is 2.43. The number of para-hydroxylation sites is 2. The fourth-order valence-electron chi connectivity index (χ4n) is 25.8. The molecule has 0 spiro atoms. The molecule has 3 aromatic heterocycles. The lowest BCUT2D eigenvalue weighted by atomic mass is 9.82. The lowest BCUT2D eigenvalue weighted by Crippen LogP contribution is -2.15. The van der Waals surface area contributed by atoms with E-state index >= 15 is 0 Å². The van der Waals surface area contributed by atoms with E-state index in [1.54, 1.807) is 5.56 Å². The van der Waals surface area contributed by atoms with E-state index < -0.39 is 0 Å². The van der Waals surface area contributed by atoms with Crippen LogP contribution in [0.5, 0.6) is 0 Å². The van der Waals surface area contributed by atoms with Gasteiger partial charge in [-0.15, -0.1) is 11.3 Å². The van der Waals surface area contributed by atoms with Crippen molar-refractivity contribution in [3.05, 3.63) is 452 Å². The van der Waals surface area contributed by atoms with Crippen LogP contribution in [0.25, 0.3) is 131 Å². The van der Waals surface area contributed by atoms with Crippen molar-refractivity contribution in [2.24, 2.45) is 35.5 Å². The number of anilines is 9. The first-order valence-electron chi connectivity index (χ1n) is 50.4. The second-order valence-corrected chi connectivity index (χ2v) is 42.0. The minimum Gasteiger partial charge on any atom is -0.456 e. The Morgan fingerprint density at radius 3 is 0.978 bits per heavy atom. The van der Waals surface area contributed by atoms with Crippen LogP contribution in [0, 0.1) is 35.5 Å².